The lowest BCUT2D eigenvalue weighted by Gasteiger charge is -2.09. The molecule has 2 aromatic heterocycles. The van der Waals surface area contributed by atoms with Gasteiger partial charge in [0.1, 0.15) is 5.82 Å². The number of ether oxygens (including phenoxy) is 1. The molecular formula is C21H21N3O2. The number of benzene rings is 2. The summed E-state index contributed by atoms with van der Waals surface area (Å²) in [5.74, 6) is 0.897. The first-order chi connectivity index (χ1) is 12.7. The average Bonchev–Trinajstić information content (AvgIpc) is 2.97. The van der Waals surface area contributed by atoms with Gasteiger partial charge in [0, 0.05) is 30.9 Å². The molecule has 0 aliphatic rings. The van der Waals surface area contributed by atoms with E-state index in [0.717, 1.165) is 38.8 Å². The number of rotatable bonds is 5. The minimum Gasteiger partial charge on any atom is -0.385 e. The number of hydrogen-bond acceptors (Lipinski definition) is 3. The molecule has 0 fully saturated rings. The molecule has 2 aromatic carbocycles. The number of aromatic nitrogens is 2. The van der Waals surface area contributed by atoms with Crippen molar-refractivity contribution in [2.75, 3.05) is 19.0 Å². The molecule has 1 amide bonds. The number of nitrogens with zero attached hydrogens (tertiary/aromatic N) is 2. The van der Waals surface area contributed by atoms with E-state index in [-0.39, 0.29) is 5.91 Å². The van der Waals surface area contributed by atoms with Crippen LogP contribution in [0.2, 0.25) is 0 Å². The monoisotopic (exact) mass is 347 g/mol. The Labute approximate surface area is 151 Å². The van der Waals surface area contributed by atoms with E-state index in [4.69, 9.17) is 9.72 Å². The summed E-state index contributed by atoms with van der Waals surface area (Å²) in [7, 11) is 1.65. The van der Waals surface area contributed by atoms with E-state index in [1.54, 1.807) is 7.11 Å². The lowest BCUT2D eigenvalue weighted by Crippen LogP contribution is -2.12. The van der Waals surface area contributed by atoms with E-state index in [1.807, 2.05) is 43.3 Å². The Morgan fingerprint density at radius 2 is 1.85 bits per heavy atom. The summed E-state index contributed by atoms with van der Waals surface area (Å²) in [6, 6.07) is 16.1. The van der Waals surface area contributed by atoms with Crippen LogP contribution in [-0.2, 0) is 9.53 Å². The first-order valence-electron chi connectivity index (χ1n) is 8.78. The van der Waals surface area contributed by atoms with Crippen LogP contribution in [0.5, 0.6) is 0 Å². The summed E-state index contributed by atoms with van der Waals surface area (Å²) in [5, 5.41) is 5.19. The van der Waals surface area contributed by atoms with Crippen molar-refractivity contribution in [2.24, 2.45) is 0 Å². The summed E-state index contributed by atoms with van der Waals surface area (Å²) in [5.41, 5.74) is 3.82. The third-order valence-electron chi connectivity index (χ3n) is 4.66. The highest BCUT2D eigenvalue weighted by Crippen LogP contribution is 2.36. The number of carbonyl (C=O) groups excluding carboxylic acids is 1. The minimum absolute atomic E-state index is 0.00107. The number of hydrogen-bond donors (Lipinski definition) is 1. The van der Waals surface area contributed by atoms with Gasteiger partial charge < -0.3 is 10.1 Å². The number of nitrogens with one attached hydrogen (secondary N) is 1. The normalized spacial score (nSPS) is 11.5. The highest BCUT2D eigenvalue weighted by atomic mass is 16.5. The fraction of sp³-hybridized carbons (Fsp3) is 0.238. The van der Waals surface area contributed by atoms with Gasteiger partial charge in [-0.1, -0.05) is 36.4 Å². The Hall–Kier alpha value is -2.92. The van der Waals surface area contributed by atoms with E-state index in [2.05, 4.69) is 21.9 Å². The molecule has 4 aromatic rings. The molecule has 2 heterocycles. The number of amides is 1. The second-order valence-electron chi connectivity index (χ2n) is 6.40. The number of aryl methyl sites for hydroxylation is 1. The van der Waals surface area contributed by atoms with Gasteiger partial charge in [-0.2, -0.15) is 0 Å². The Bertz CT molecular complexity index is 1110. The molecule has 4 rings (SSSR count). The molecule has 5 nitrogen and oxygen atoms in total. The Balaban J connectivity index is 1.95. The fourth-order valence-electron chi connectivity index (χ4n) is 3.53. The number of carbonyl (C=O) groups is 1. The maximum absolute atomic E-state index is 12.5. The standard InChI is InChI=1S/C21H21N3O2/c1-14-22-17-10-5-3-8-15(17)21-20(23-19(25)12-7-13-26-2)16-9-4-6-11-18(16)24(14)21/h3-6,8-11H,7,12-13H2,1-2H3,(H,23,25). The van der Waals surface area contributed by atoms with Crippen LogP contribution in [-0.4, -0.2) is 29.0 Å². The maximum Gasteiger partial charge on any atom is 0.224 e. The van der Waals surface area contributed by atoms with Gasteiger partial charge in [0.2, 0.25) is 5.91 Å². The molecule has 0 atom stereocenters. The van der Waals surface area contributed by atoms with E-state index in [1.165, 1.54) is 0 Å². The zero-order valence-corrected chi connectivity index (χ0v) is 15.0. The van der Waals surface area contributed by atoms with E-state index < -0.39 is 0 Å². The molecule has 1 N–H and O–H groups in total. The zero-order chi connectivity index (χ0) is 18.1. The van der Waals surface area contributed by atoms with Crippen molar-refractivity contribution < 1.29 is 9.53 Å². The van der Waals surface area contributed by atoms with E-state index in [0.29, 0.717) is 19.4 Å². The van der Waals surface area contributed by atoms with Gasteiger partial charge in [-0.05, 0) is 25.5 Å². The molecule has 0 saturated heterocycles. The number of methoxy groups -OCH3 is 1. The van der Waals surface area contributed by atoms with Gasteiger partial charge in [0.15, 0.2) is 0 Å². The van der Waals surface area contributed by atoms with Crippen LogP contribution in [0, 0.1) is 6.92 Å². The smallest absolute Gasteiger partial charge is 0.224 e. The Morgan fingerprint density at radius 1 is 1.12 bits per heavy atom. The van der Waals surface area contributed by atoms with Crippen molar-refractivity contribution in [1.82, 2.24) is 9.38 Å². The van der Waals surface area contributed by atoms with Gasteiger partial charge in [-0.15, -0.1) is 0 Å². The summed E-state index contributed by atoms with van der Waals surface area (Å²) < 4.78 is 7.18. The average molecular weight is 347 g/mol. The van der Waals surface area contributed by atoms with Gasteiger partial charge in [-0.3, -0.25) is 9.20 Å². The van der Waals surface area contributed by atoms with Crippen molar-refractivity contribution in [2.45, 2.75) is 19.8 Å². The van der Waals surface area contributed by atoms with E-state index in [9.17, 15) is 4.79 Å². The summed E-state index contributed by atoms with van der Waals surface area (Å²) in [6.07, 6.45) is 1.13. The number of fused-ring (bicyclic) bond motifs is 5. The molecule has 0 radical (unpaired) electrons. The Kier molecular flexibility index (Phi) is 4.31. The van der Waals surface area contributed by atoms with Crippen molar-refractivity contribution >= 4 is 38.9 Å². The van der Waals surface area contributed by atoms with Crippen LogP contribution < -0.4 is 5.32 Å². The molecule has 0 bridgehead atoms. The van der Waals surface area contributed by atoms with Gasteiger partial charge >= 0.3 is 0 Å². The summed E-state index contributed by atoms with van der Waals surface area (Å²) in [6.45, 7) is 2.58. The lowest BCUT2D eigenvalue weighted by molar-refractivity contribution is -0.116. The number of anilines is 1. The van der Waals surface area contributed by atoms with Crippen LogP contribution in [0.15, 0.2) is 48.5 Å². The zero-order valence-electron chi connectivity index (χ0n) is 15.0. The highest BCUT2D eigenvalue weighted by Gasteiger charge is 2.18. The number of para-hydroxylation sites is 2. The van der Waals surface area contributed by atoms with Crippen molar-refractivity contribution in [3.63, 3.8) is 0 Å². The molecule has 0 aliphatic heterocycles. The molecule has 0 unspecified atom stereocenters. The molecule has 26 heavy (non-hydrogen) atoms. The quantitative estimate of drug-likeness (QED) is 0.547. The second-order valence-corrected chi connectivity index (χ2v) is 6.40. The molecule has 5 heteroatoms. The first kappa shape index (κ1) is 16.5. The van der Waals surface area contributed by atoms with Crippen molar-refractivity contribution in [1.29, 1.82) is 0 Å². The Morgan fingerprint density at radius 3 is 2.65 bits per heavy atom. The molecule has 0 aliphatic carbocycles. The third kappa shape index (κ3) is 2.70. The van der Waals surface area contributed by atoms with E-state index >= 15 is 0 Å². The van der Waals surface area contributed by atoms with Crippen molar-refractivity contribution in [3.05, 3.63) is 54.4 Å². The fourth-order valence-corrected chi connectivity index (χ4v) is 3.53. The molecule has 132 valence electrons. The van der Waals surface area contributed by atoms with Crippen LogP contribution in [0.4, 0.5) is 5.69 Å². The van der Waals surface area contributed by atoms with Crippen LogP contribution in [0.1, 0.15) is 18.7 Å². The maximum atomic E-state index is 12.5. The van der Waals surface area contributed by atoms with Gasteiger partial charge in [0.25, 0.3) is 0 Å². The first-order valence-corrected chi connectivity index (χ1v) is 8.78. The third-order valence-corrected chi connectivity index (χ3v) is 4.66. The summed E-state index contributed by atoms with van der Waals surface area (Å²) >= 11 is 0. The highest BCUT2D eigenvalue weighted by molar-refractivity contribution is 6.16. The SMILES string of the molecule is COCCCC(=O)Nc1c2ccccc2n2c(C)nc3ccccc3c12. The van der Waals surface area contributed by atoms with Gasteiger partial charge in [-0.25, -0.2) is 4.98 Å². The molecule has 0 spiro atoms. The largest absolute Gasteiger partial charge is 0.385 e. The van der Waals surface area contributed by atoms with Crippen LogP contribution in [0.25, 0.3) is 27.3 Å². The predicted octanol–water partition coefficient (Wildman–Crippen LogP) is 4.31. The topological polar surface area (TPSA) is 55.6 Å². The van der Waals surface area contributed by atoms with Crippen molar-refractivity contribution in [3.8, 4) is 0 Å². The summed E-state index contributed by atoms with van der Waals surface area (Å²) in [4.78, 5) is 17.2. The molecular weight excluding hydrogens is 326 g/mol. The van der Waals surface area contributed by atoms with Crippen LogP contribution in [0.3, 0.4) is 0 Å². The lowest BCUT2D eigenvalue weighted by atomic mass is 10.1. The predicted molar refractivity (Wildman–Crippen MR) is 105 cm³/mol. The minimum atomic E-state index is -0.00107. The molecule has 0 saturated carbocycles. The second kappa shape index (κ2) is 6.77. The van der Waals surface area contributed by atoms with Gasteiger partial charge in [0.05, 0.1) is 22.2 Å². The van der Waals surface area contributed by atoms with Crippen LogP contribution >= 0.6 is 0 Å².